The van der Waals surface area contributed by atoms with Crippen molar-refractivity contribution >= 4 is 11.9 Å². The number of nitrogens with zero attached hydrogens (tertiary/aromatic N) is 1. The van der Waals surface area contributed by atoms with Crippen LogP contribution >= 0.6 is 0 Å². The van der Waals surface area contributed by atoms with Crippen LogP contribution in [0.25, 0.3) is 0 Å². The molecule has 7 nitrogen and oxygen atoms in total. The molecular formula is C23H39NO6. The second kappa shape index (κ2) is 8.24. The van der Waals surface area contributed by atoms with Crippen LogP contribution in [-0.4, -0.2) is 70.1 Å². The molecule has 0 aliphatic heterocycles. The van der Waals surface area contributed by atoms with E-state index < -0.39 is 58.5 Å². The van der Waals surface area contributed by atoms with Gasteiger partial charge in [0.2, 0.25) is 0 Å². The van der Waals surface area contributed by atoms with Crippen molar-refractivity contribution in [3.05, 3.63) is 12.7 Å². The minimum absolute atomic E-state index is 0.0503. The van der Waals surface area contributed by atoms with Gasteiger partial charge < -0.3 is 25.0 Å². The fourth-order valence-electron chi connectivity index (χ4n) is 5.92. The lowest BCUT2D eigenvalue weighted by Gasteiger charge is -2.66. The number of ketones is 1. The molecule has 0 heterocycles. The Balaban J connectivity index is 2.67. The molecular weight excluding hydrogens is 386 g/mol. The van der Waals surface area contributed by atoms with Gasteiger partial charge in [-0.2, -0.15) is 0 Å². The zero-order valence-electron chi connectivity index (χ0n) is 19.4. The summed E-state index contributed by atoms with van der Waals surface area (Å²) in [5.74, 6) is -2.15. The van der Waals surface area contributed by atoms with Crippen molar-refractivity contribution in [3.63, 3.8) is 0 Å². The van der Waals surface area contributed by atoms with E-state index in [0.717, 1.165) is 0 Å². The molecule has 0 unspecified atom stereocenters. The molecule has 0 saturated heterocycles. The quantitative estimate of drug-likeness (QED) is 0.584. The zero-order valence-corrected chi connectivity index (χ0v) is 19.4. The van der Waals surface area contributed by atoms with Crippen molar-refractivity contribution in [1.82, 2.24) is 4.90 Å². The van der Waals surface area contributed by atoms with Crippen LogP contribution in [0.3, 0.4) is 0 Å². The number of aliphatic hydroxyl groups is 3. The molecule has 0 radical (unpaired) electrons. The predicted octanol–water partition coefficient (Wildman–Crippen LogP) is 2.38. The monoisotopic (exact) mass is 425 g/mol. The van der Waals surface area contributed by atoms with Gasteiger partial charge in [-0.05, 0) is 24.2 Å². The molecule has 172 valence electrons. The van der Waals surface area contributed by atoms with E-state index in [1.807, 2.05) is 20.8 Å². The smallest absolute Gasteiger partial charge is 0.409 e. The zero-order chi connectivity index (χ0) is 23.2. The molecule has 1 amide bonds. The first-order valence-electron chi connectivity index (χ1n) is 10.8. The molecule has 8 atom stereocenters. The largest absolute Gasteiger partial charge is 0.443 e. The maximum atomic E-state index is 13.5. The van der Waals surface area contributed by atoms with Crippen LogP contribution in [0, 0.1) is 28.6 Å². The summed E-state index contributed by atoms with van der Waals surface area (Å²) in [5, 5.41) is 34.4. The van der Waals surface area contributed by atoms with Gasteiger partial charge in [0.15, 0.2) is 5.78 Å². The van der Waals surface area contributed by atoms with Gasteiger partial charge in [0, 0.05) is 37.8 Å². The highest BCUT2D eigenvalue weighted by Crippen LogP contribution is 2.63. The number of Topliss-reactive ketones (excluding diaryl/α,β-unsaturated/α-hetero) is 1. The van der Waals surface area contributed by atoms with Crippen LogP contribution in [0.5, 0.6) is 0 Å². The molecule has 0 aromatic rings. The van der Waals surface area contributed by atoms with Gasteiger partial charge >= 0.3 is 6.09 Å². The third-order valence-corrected chi connectivity index (χ3v) is 7.84. The Morgan fingerprint density at radius 2 is 1.83 bits per heavy atom. The number of rotatable bonds is 5. The van der Waals surface area contributed by atoms with Gasteiger partial charge in [0.25, 0.3) is 0 Å². The minimum atomic E-state index is -1.98. The lowest BCUT2D eigenvalue weighted by atomic mass is 9.41. The minimum Gasteiger partial charge on any atom is -0.443 e. The maximum Gasteiger partial charge on any atom is 0.409 e. The Bertz CT molecular complexity index is 691. The molecule has 2 saturated carbocycles. The van der Waals surface area contributed by atoms with E-state index in [2.05, 4.69) is 6.58 Å². The number of amides is 1. The number of carbonyl (C=O) groups is 2. The van der Waals surface area contributed by atoms with Gasteiger partial charge in [0.1, 0.15) is 11.7 Å². The van der Waals surface area contributed by atoms with E-state index in [4.69, 9.17) is 4.74 Å². The number of allylic oxidation sites excluding steroid dienone is 1. The molecule has 0 spiro atoms. The Kier molecular flexibility index (Phi) is 6.82. The highest BCUT2D eigenvalue weighted by Gasteiger charge is 2.73. The van der Waals surface area contributed by atoms with Gasteiger partial charge in [-0.3, -0.25) is 4.79 Å². The predicted molar refractivity (Wildman–Crippen MR) is 114 cm³/mol. The fourth-order valence-corrected chi connectivity index (χ4v) is 5.92. The second-order valence-electron chi connectivity index (χ2n) is 10.4. The molecule has 3 N–H and O–H groups in total. The molecule has 0 aromatic heterocycles. The standard InChI is InChI=1S/C23H39NO6/c1-9-13(2)12-16(26)23(29)14(3)17(27)18(30-20(28)24(7)8)19-21(4,5)11-10-15(25)22(19,23)6/h9,13-15,17-19,25,27,29H,1,10-12H2,2-8H3/t13-,14+,15-,17+,18+,19+,22+,23-/m1/s1. The van der Waals surface area contributed by atoms with Crippen molar-refractivity contribution in [2.45, 2.75) is 77.8 Å². The number of hydrogen-bond donors (Lipinski definition) is 3. The summed E-state index contributed by atoms with van der Waals surface area (Å²) in [4.78, 5) is 27.1. The summed E-state index contributed by atoms with van der Waals surface area (Å²) < 4.78 is 5.72. The number of hydrogen-bond acceptors (Lipinski definition) is 6. The van der Waals surface area contributed by atoms with Crippen molar-refractivity contribution in [2.24, 2.45) is 28.6 Å². The van der Waals surface area contributed by atoms with Gasteiger partial charge in [-0.25, -0.2) is 4.79 Å². The van der Waals surface area contributed by atoms with Crippen LogP contribution in [0.2, 0.25) is 0 Å². The first kappa shape index (κ1) is 24.8. The molecule has 7 heteroatoms. The molecule has 2 fully saturated rings. The molecule has 0 bridgehead atoms. The molecule has 2 aliphatic carbocycles. The third kappa shape index (κ3) is 3.59. The summed E-state index contributed by atoms with van der Waals surface area (Å²) in [7, 11) is 3.11. The van der Waals surface area contributed by atoms with Crippen molar-refractivity contribution in [2.75, 3.05) is 14.1 Å². The number of fused-ring (bicyclic) bond motifs is 1. The first-order chi connectivity index (χ1) is 13.7. The van der Waals surface area contributed by atoms with Crippen molar-refractivity contribution < 1.29 is 29.6 Å². The fraction of sp³-hybridized carbons (Fsp3) is 0.826. The number of ether oxygens (including phenoxy) is 1. The van der Waals surface area contributed by atoms with E-state index in [1.54, 1.807) is 34.0 Å². The van der Waals surface area contributed by atoms with Crippen LogP contribution in [0.15, 0.2) is 12.7 Å². The molecule has 0 aromatic carbocycles. The summed E-state index contributed by atoms with van der Waals surface area (Å²) in [6.45, 7) is 12.8. The molecule has 2 rings (SSSR count). The van der Waals surface area contributed by atoms with E-state index in [-0.39, 0.29) is 12.3 Å². The van der Waals surface area contributed by atoms with E-state index in [9.17, 15) is 24.9 Å². The molecule has 30 heavy (non-hydrogen) atoms. The second-order valence-corrected chi connectivity index (χ2v) is 10.4. The van der Waals surface area contributed by atoms with Crippen LogP contribution < -0.4 is 0 Å². The maximum absolute atomic E-state index is 13.5. The van der Waals surface area contributed by atoms with Gasteiger partial charge in [-0.1, -0.05) is 40.7 Å². The van der Waals surface area contributed by atoms with Crippen molar-refractivity contribution in [3.8, 4) is 0 Å². The SMILES string of the molecule is C=C[C@@H](C)CC(=O)[C@]1(O)[C@@H](C)[C@H](O)[C@H](OC(=O)N(C)C)[C@H]2C(C)(C)CC[C@@H](O)[C@@]21C. The van der Waals surface area contributed by atoms with Crippen LogP contribution in [0.1, 0.15) is 53.9 Å². The summed E-state index contributed by atoms with van der Waals surface area (Å²) >= 11 is 0. The van der Waals surface area contributed by atoms with Crippen LogP contribution in [0.4, 0.5) is 4.79 Å². The highest BCUT2D eigenvalue weighted by molar-refractivity contribution is 5.89. The van der Waals surface area contributed by atoms with Crippen LogP contribution in [-0.2, 0) is 9.53 Å². The number of carbonyl (C=O) groups excluding carboxylic acids is 2. The van der Waals surface area contributed by atoms with E-state index in [1.165, 1.54) is 4.90 Å². The summed E-state index contributed by atoms with van der Waals surface area (Å²) in [6, 6.07) is 0. The van der Waals surface area contributed by atoms with E-state index >= 15 is 0 Å². The number of aliphatic hydroxyl groups excluding tert-OH is 2. The highest BCUT2D eigenvalue weighted by atomic mass is 16.6. The summed E-state index contributed by atoms with van der Waals surface area (Å²) in [5.41, 5.74) is -3.78. The normalized spacial score (nSPS) is 41.3. The average Bonchev–Trinajstić information content (AvgIpc) is 2.66. The lowest BCUT2D eigenvalue weighted by Crippen LogP contribution is -2.77. The van der Waals surface area contributed by atoms with Gasteiger partial charge in [0.05, 0.1) is 12.2 Å². The Morgan fingerprint density at radius 1 is 1.27 bits per heavy atom. The van der Waals surface area contributed by atoms with Crippen molar-refractivity contribution in [1.29, 1.82) is 0 Å². The first-order valence-corrected chi connectivity index (χ1v) is 10.8. The Hall–Kier alpha value is -1.44. The molecule has 2 aliphatic rings. The Labute approximate surface area is 180 Å². The third-order valence-electron chi connectivity index (χ3n) is 7.84. The van der Waals surface area contributed by atoms with Gasteiger partial charge in [-0.15, -0.1) is 6.58 Å². The average molecular weight is 426 g/mol. The summed E-state index contributed by atoms with van der Waals surface area (Å²) in [6.07, 6.45) is -1.11. The van der Waals surface area contributed by atoms with E-state index in [0.29, 0.717) is 12.8 Å². The topological polar surface area (TPSA) is 107 Å². The lowest BCUT2D eigenvalue weighted by molar-refractivity contribution is -0.291. The Morgan fingerprint density at radius 3 is 2.33 bits per heavy atom.